The molecule has 2 aromatic carbocycles. The lowest BCUT2D eigenvalue weighted by molar-refractivity contribution is -0.214. The van der Waals surface area contributed by atoms with Crippen molar-refractivity contribution in [2.75, 3.05) is 26.3 Å². The molecular weight excluding hydrogens is 376 g/mol. The van der Waals surface area contributed by atoms with Crippen molar-refractivity contribution in [2.24, 2.45) is 5.92 Å². The number of pyridine rings is 1. The van der Waals surface area contributed by atoms with Gasteiger partial charge in [-0.25, -0.2) is 0 Å². The molecule has 2 fully saturated rings. The largest absolute Gasteiger partial charge is 0.343 e. The fraction of sp³-hybridized carbons (Fsp3) is 0.360. The van der Waals surface area contributed by atoms with Gasteiger partial charge in [0.2, 0.25) is 5.91 Å². The number of fused-ring (bicyclic) bond motifs is 1. The molecule has 5 heteroatoms. The number of benzene rings is 2. The monoisotopic (exact) mass is 402 g/mol. The summed E-state index contributed by atoms with van der Waals surface area (Å²) in [6, 6.07) is 17.0. The van der Waals surface area contributed by atoms with Gasteiger partial charge in [-0.2, -0.15) is 0 Å². The lowest BCUT2D eigenvalue weighted by Crippen LogP contribution is -2.45. The number of amides is 1. The number of likely N-dealkylation sites (tertiary alicyclic amines) is 1. The topological polar surface area (TPSA) is 51.7 Å². The molecule has 3 aromatic rings. The van der Waals surface area contributed by atoms with E-state index in [1.54, 1.807) is 6.92 Å². The number of piperidine rings is 1. The molecule has 0 bridgehead atoms. The van der Waals surface area contributed by atoms with Gasteiger partial charge < -0.3 is 14.4 Å². The van der Waals surface area contributed by atoms with Crippen molar-refractivity contribution in [3.05, 3.63) is 66.5 Å². The first kappa shape index (κ1) is 19.2. The van der Waals surface area contributed by atoms with E-state index in [0.717, 1.165) is 42.4 Å². The van der Waals surface area contributed by atoms with E-state index in [-0.39, 0.29) is 11.8 Å². The van der Waals surface area contributed by atoms with Crippen LogP contribution in [0, 0.1) is 5.92 Å². The highest BCUT2D eigenvalue weighted by Crippen LogP contribution is 2.44. The summed E-state index contributed by atoms with van der Waals surface area (Å²) in [6.07, 6.45) is 5.49. The van der Waals surface area contributed by atoms with Crippen molar-refractivity contribution in [2.45, 2.75) is 25.6 Å². The van der Waals surface area contributed by atoms with Crippen LogP contribution in [0.25, 0.3) is 21.9 Å². The Morgan fingerprint density at radius 2 is 1.67 bits per heavy atom. The van der Waals surface area contributed by atoms with Crippen molar-refractivity contribution < 1.29 is 14.3 Å². The number of ether oxygens (including phenoxy) is 2. The Labute approximate surface area is 176 Å². The second-order valence-electron chi connectivity index (χ2n) is 8.16. The van der Waals surface area contributed by atoms with Crippen molar-refractivity contribution >= 4 is 16.7 Å². The number of hydrogen-bond acceptors (Lipinski definition) is 4. The van der Waals surface area contributed by atoms with Gasteiger partial charge in [0, 0.05) is 49.3 Å². The van der Waals surface area contributed by atoms with E-state index in [4.69, 9.17) is 9.47 Å². The van der Waals surface area contributed by atoms with E-state index >= 15 is 0 Å². The van der Waals surface area contributed by atoms with E-state index in [2.05, 4.69) is 47.4 Å². The molecule has 0 aliphatic carbocycles. The number of carbonyl (C=O) groups excluding carboxylic acids is 1. The molecule has 0 atom stereocenters. The first-order chi connectivity index (χ1) is 14.7. The van der Waals surface area contributed by atoms with Gasteiger partial charge in [-0.05, 0) is 41.5 Å². The Kier molecular flexibility index (Phi) is 5.01. The SMILES string of the molecule is CC(=O)N1CCC(C2(c3ccc(-c4ccc5ccncc5c4)cc3)OCCO2)CC1. The summed E-state index contributed by atoms with van der Waals surface area (Å²) < 4.78 is 12.5. The normalized spacial score (nSPS) is 19.3. The van der Waals surface area contributed by atoms with Crippen LogP contribution in [0.15, 0.2) is 60.9 Å². The molecule has 30 heavy (non-hydrogen) atoms. The highest BCUT2D eigenvalue weighted by molar-refractivity contribution is 5.86. The molecule has 0 spiro atoms. The third-order valence-electron chi connectivity index (χ3n) is 6.46. The van der Waals surface area contributed by atoms with Crippen LogP contribution >= 0.6 is 0 Å². The van der Waals surface area contributed by atoms with Crippen molar-refractivity contribution in [1.29, 1.82) is 0 Å². The third kappa shape index (κ3) is 3.38. The molecule has 2 aliphatic heterocycles. The summed E-state index contributed by atoms with van der Waals surface area (Å²) >= 11 is 0. The van der Waals surface area contributed by atoms with Gasteiger partial charge in [-0.3, -0.25) is 9.78 Å². The molecule has 0 radical (unpaired) electrons. The summed E-state index contributed by atoms with van der Waals surface area (Å²) in [4.78, 5) is 17.8. The van der Waals surface area contributed by atoms with Gasteiger partial charge >= 0.3 is 0 Å². The standard InChI is InChI=1S/C25H26N2O3/c1-18(28)27-12-9-24(10-13-27)25(29-14-15-30-25)23-6-4-19(5-7-23)21-3-2-20-8-11-26-17-22(20)16-21/h2-8,11,16-17,24H,9-10,12-15H2,1H3. The molecule has 5 nitrogen and oxygen atoms in total. The summed E-state index contributed by atoms with van der Waals surface area (Å²) in [6.45, 7) is 4.37. The maximum absolute atomic E-state index is 11.7. The Balaban J connectivity index is 1.42. The molecule has 1 aromatic heterocycles. The molecule has 2 aliphatic rings. The van der Waals surface area contributed by atoms with Gasteiger partial charge in [-0.1, -0.05) is 36.4 Å². The highest BCUT2D eigenvalue weighted by Gasteiger charge is 2.47. The predicted octanol–water partition coefficient (Wildman–Crippen LogP) is 4.36. The Hall–Kier alpha value is -2.76. The molecule has 3 heterocycles. The number of aromatic nitrogens is 1. The van der Waals surface area contributed by atoms with Crippen LogP contribution in [0.2, 0.25) is 0 Å². The average Bonchev–Trinajstić information content (AvgIpc) is 3.30. The number of carbonyl (C=O) groups is 1. The fourth-order valence-corrected chi connectivity index (χ4v) is 4.80. The van der Waals surface area contributed by atoms with Gasteiger partial charge in [-0.15, -0.1) is 0 Å². The minimum atomic E-state index is -0.700. The molecule has 0 saturated carbocycles. The summed E-state index contributed by atoms with van der Waals surface area (Å²) in [5, 5.41) is 2.32. The van der Waals surface area contributed by atoms with Crippen molar-refractivity contribution in [3.63, 3.8) is 0 Å². The quantitative estimate of drug-likeness (QED) is 0.653. The van der Waals surface area contributed by atoms with Crippen LogP contribution in [0.1, 0.15) is 25.3 Å². The zero-order valence-electron chi connectivity index (χ0n) is 17.2. The average molecular weight is 402 g/mol. The predicted molar refractivity (Wildman–Crippen MR) is 116 cm³/mol. The molecule has 1 amide bonds. The molecule has 2 saturated heterocycles. The van der Waals surface area contributed by atoms with Crippen LogP contribution in [0.4, 0.5) is 0 Å². The lowest BCUT2D eigenvalue weighted by Gasteiger charge is -2.41. The minimum Gasteiger partial charge on any atom is -0.343 e. The zero-order chi connectivity index (χ0) is 20.6. The summed E-state index contributed by atoms with van der Waals surface area (Å²) in [5.41, 5.74) is 3.38. The smallest absolute Gasteiger partial charge is 0.219 e. The van der Waals surface area contributed by atoms with Gasteiger partial charge in [0.25, 0.3) is 0 Å². The number of hydrogen-bond donors (Lipinski definition) is 0. The van der Waals surface area contributed by atoms with E-state index < -0.39 is 5.79 Å². The second kappa shape index (κ2) is 7.82. The third-order valence-corrected chi connectivity index (χ3v) is 6.46. The minimum absolute atomic E-state index is 0.144. The van der Waals surface area contributed by atoms with Crippen LogP contribution in [-0.2, 0) is 20.1 Å². The number of nitrogens with zero attached hydrogens (tertiary/aromatic N) is 2. The summed E-state index contributed by atoms with van der Waals surface area (Å²) in [5.74, 6) is -0.312. The fourth-order valence-electron chi connectivity index (χ4n) is 4.80. The lowest BCUT2D eigenvalue weighted by atomic mass is 9.83. The molecular formula is C25H26N2O3. The van der Waals surface area contributed by atoms with Crippen LogP contribution in [-0.4, -0.2) is 42.1 Å². The van der Waals surface area contributed by atoms with Gasteiger partial charge in [0.15, 0.2) is 5.79 Å². The van der Waals surface area contributed by atoms with E-state index in [1.807, 2.05) is 23.4 Å². The Morgan fingerprint density at radius 1 is 0.967 bits per heavy atom. The van der Waals surface area contributed by atoms with Crippen molar-refractivity contribution in [1.82, 2.24) is 9.88 Å². The maximum Gasteiger partial charge on any atom is 0.219 e. The van der Waals surface area contributed by atoms with Crippen LogP contribution in [0.5, 0.6) is 0 Å². The second-order valence-corrected chi connectivity index (χ2v) is 8.16. The molecule has 5 rings (SSSR count). The highest BCUT2D eigenvalue weighted by atomic mass is 16.7. The van der Waals surface area contributed by atoms with E-state index in [9.17, 15) is 4.79 Å². The maximum atomic E-state index is 11.7. The Morgan fingerprint density at radius 3 is 2.37 bits per heavy atom. The zero-order valence-corrected chi connectivity index (χ0v) is 17.2. The van der Waals surface area contributed by atoms with E-state index in [1.165, 1.54) is 10.9 Å². The van der Waals surface area contributed by atoms with Crippen LogP contribution < -0.4 is 0 Å². The molecule has 0 unspecified atom stereocenters. The number of rotatable bonds is 3. The first-order valence-electron chi connectivity index (χ1n) is 10.6. The van der Waals surface area contributed by atoms with Gasteiger partial charge in [0.1, 0.15) is 0 Å². The Bertz CT molecular complexity index is 1050. The molecule has 0 N–H and O–H groups in total. The van der Waals surface area contributed by atoms with Crippen LogP contribution in [0.3, 0.4) is 0 Å². The summed E-state index contributed by atoms with van der Waals surface area (Å²) in [7, 11) is 0. The van der Waals surface area contributed by atoms with Gasteiger partial charge in [0.05, 0.1) is 13.2 Å². The molecule has 154 valence electrons. The van der Waals surface area contributed by atoms with E-state index in [0.29, 0.717) is 13.2 Å². The van der Waals surface area contributed by atoms with Crippen molar-refractivity contribution in [3.8, 4) is 11.1 Å². The first-order valence-corrected chi connectivity index (χ1v) is 10.6.